The van der Waals surface area contributed by atoms with Crippen molar-refractivity contribution in [2.45, 2.75) is 27.7 Å². The average Bonchev–Trinajstić information content (AvgIpc) is 3.14. The maximum Gasteiger partial charge on any atom is 0.358 e. The molecule has 0 atom stereocenters. The molecule has 150 valence electrons. The van der Waals surface area contributed by atoms with Gasteiger partial charge in [0.15, 0.2) is 11.5 Å². The number of pyridine rings is 1. The van der Waals surface area contributed by atoms with Gasteiger partial charge in [-0.1, -0.05) is 39.0 Å². The molecule has 0 bridgehead atoms. The molecule has 0 radical (unpaired) electrons. The first-order valence-corrected chi connectivity index (χ1v) is 9.40. The van der Waals surface area contributed by atoms with E-state index in [2.05, 4.69) is 15.4 Å². The molecule has 0 aliphatic heterocycles. The summed E-state index contributed by atoms with van der Waals surface area (Å²) in [4.78, 5) is 28.9. The summed E-state index contributed by atoms with van der Waals surface area (Å²) < 4.78 is 6.68. The molecular weight excluding hydrogens is 368 g/mol. The quantitative estimate of drug-likeness (QED) is 0.661. The molecule has 7 heteroatoms. The summed E-state index contributed by atoms with van der Waals surface area (Å²) in [6.07, 6.45) is 1.66. The number of anilines is 1. The van der Waals surface area contributed by atoms with E-state index in [1.165, 1.54) is 0 Å². The van der Waals surface area contributed by atoms with E-state index < -0.39 is 11.4 Å². The smallest absolute Gasteiger partial charge is 0.358 e. The van der Waals surface area contributed by atoms with Gasteiger partial charge in [0, 0.05) is 22.9 Å². The van der Waals surface area contributed by atoms with Gasteiger partial charge in [-0.15, -0.1) is 0 Å². The zero-order valence-corrected chi connectivity index (χ0v) is 17.0. The number of nitrogens with zero attached hydrogens (tertiary/aromatic N) is 3. The second-order valence-corrected chi connectivity index (χ2v) is 7.52. The molecule has 0 saturated heterocycles. The minimum Gasteiger partial charge on any atom is -0.461 e. The predicted octanol–water partition coefficient (Wildman–Crippen LogP) is 4.10. The molecule has 0 aliphatic rings. The van der Waals surface area contributed by atoms with Crippen LogP contribution in [0.1, 0.15) is 38.2 Å². The van der Waals surface area contributed by atoms with E-state index in [-0.39, 0.29) is 18.2 Å². The second-order valence-electron chi connectivity index (χ2n) is 7.52. The number of hydrogen-bond donors (Lipinski definition) is 1. The summed E-state index contributed by atoms with van der Waals surface area (Å²) in [6, 6.07) is 14.5. The maximum absolute atomic E-state index is 12.3. The van der Waals surface area contributed by atoms with Crippen LogP contribution in [-0.2, 0) is 9.53 Å². The van der Waals surface area contributed by atoms with Gasteiger partial charge in [-0.3, -0.25) is 4.79 Å². The third-order valence-corrected chi connectivity index (χ3v) is 4.16. The van der Waals surface area contributed by atoms with Crippen LogP contribution in [0.4, 0.5) is 5.69 Å². The van der Waals surface area contributed by atoms with E-state index >= 15 is 0 Å². The second kappa shape index (κ2) is 8.26. The Kier molecular flexibility index (Phi) is 5.77. The topological polar surface area (TPSA) is 86.1 Å². The Labute approximate surface area is 169 Å². The van der Waals surface area contributed by atoms with E-state index in [0.717, 1.165) is 5.56 Å². The first-order chi connectivity index (χ1) is 13.8. The number of esters is 1. The van der Waals surface area contributed by atoms with Crippen molar-refractivity contribution < 1.29 is 14.3 Å². The Morgan fingerprint density at radius 2 is 1.90 bits per heavy atom. The number of rotatable bonds is 5. The number of aromatic nitrogens is 3. The van der Waals surface area contributed by atoms with Gasteiger partial charge in [-0.05, 0) is 37.3 Å². The number of carbonyl (C=O) groups excluding carboxylic acids is 2. The minimum atomic E-state index is -0.511. The molecule has 0 fully saturated rings. The number of ether oxygens (including phenoxy) is 1. The fourth-order valence-corrected chi connectivity index (χ4v) is 2.62. The fraction of sp³-hybridized carbons (Fsp3) is 0.273. The summed E-state index contributed by atoms with van der Waals surface area (Å²) in [5.74, 6) is -0.0112. The summed E-state index contributed by atoms with van der Waals surface area (Å²) in [7, 11) is 0. The average molecular weight is 392 g/mol. The van der Waals surface area contributed by atoms with Crippen LogP contribution in [0.3, 0.4) is 0 Å². The molecule has 2 heterocycles. The van der Waals surface area contributed by atoms with Crippen LogP contribution in [0.15, 0.2) is 54.7 Å². The number of benzene rings is 1. The van der Waals surface area contributed by atoms with E-state index in [4.69, 9.17) is 4.74 Å². The van der Waals surface area contributed by atoms with Gasteiger partial charge in [0.05, 0.1) is 12.3 Å². The van der Waals surface area contributed by atoms with Crippen molar-refractivity contribution in [3.63, 3.8) is 0 Å². The van der Waals surface area contributed by atoms with Crippen LogP contribution in [-0.4, -0.2) is 33.2 Å². The molecule has 1 amide bonds. The number of carbonyl (C=O) groups is 2. The van der Waals surface area contributed by atoms with E-state index in [9.17, 15) is 9.59 Å². The minimum absolute atomic E-state index is 0.0832. The molecule has 3 aromatic rings. The van der Waals surface area contributed by atoms with Crippen molar-refractivity contribution in [3.05, 3.63) is 60.4 Å². The lowest BCUT2D eigenvalue weighted by atomic mass is 9.95. The lowest BCUT2D eigenvalue weighted by Crippen LogP contribution is -2.27. The lowest BCUT2D eigenvalue weighted by molar-refractivity contribution is -0.123. The standard InChI is InChI=1S/C22H24N4O3/c1-5-29-20(27)17-14-18(26(25-17)19-11-6-7-12-23-19)15-9-8-10-16(13-15)24-21(28)22(2,3)4/h6-14H,5H2,1-4H3,(H,24,28). The molecular formula is C22H24N4O3. The maximum atomic E-state index is 12.3. The molecule has 0 aliphatic carbocycles. The molecule has 29 heavy (non-hydrogen) atoms. The third-order valence-electron chi connectivity index (χ3n) is 4.16. The summed E-state index contributed by atoms with van der Waals surface area (Å²) >= 11 is 0. The van der Waals surface area contributed by atoms with Crippen molar-refractivity contribution in [1.29, 1.82) is 0 Å². The van der Waals surface area contributed by atoms with Gasteiger partial charge in [-0.25, -0.2) is 14.5 Å². The lowest BCUT2D eigenvalue weighted by Gasteiger charge is -2.18. The van der Waals surface area contributed by atoms with Crippen molar-refractivity contribution in [2.24, 2.45) is 5.41 Å². The van der Waals surface area contributed by atoms with E-state index in [1.807, 2.05) is 57.2 Å². The summed E-state index contributed by atoms with van der Waals surface area (Å²) in [5.41, 5.74) is 1.79. The van der Waals surface area contributed by atoms with Crippen LogP contribution in [0.25, 0.3) is 17.1 Å². The number of amides is 1. The monoisotopic (exact) mass is 392 g/mol. The number of hydrogen-bond acceptors (Lipinski definition) is 5. The van der Waals surface area contributed by atoms with Gasteiger partial charge >= 0.3 is 5.97 Å². The SMILES string of the molecule is CCOC(=O)c1cc(-c2cccc(NC(=O)C(C)(C)C)c2)n(-c2ccccn2)n1. The summed E-state index contributed by atoms with van der Waals surface area (Å²) in [5, 5.41) is 7.32. The summed E-state index contributed by atoms with van der Waals surface area (Å²) in [6.45, 7) is 7.57. The Morgan fingerprint density at radius 1 is 1.10 bits per heavy atom. The van der Waals surface area contributed by atoms with Gasteiger partial charge < -0.3 is 10.1 Å². The van der Waals surface area contributed by atoms with Crippen molar-refractivity contribution in [2.75, 3.05) is 11.9 Å². The highest BCUT2D eigenvalue weighted by molar-refractivity contribution is 5.95. The van der Waals surface area contributed by atoms with Crippen LogP contribution in [0.2, 0.25) is 0 Å². The molecule has 1 aromatic carbocycles. The van der Waals surface area contributed by atoms with E-state index in [0.29, 0.717) is 17.2 Å². The first kappa shape index (κ1) is 20.3. The Bertz CT molecular complexity index is 1020. The highest BCUT2D eigenvalue weighted by Crippen LogP contribution is 2.27. The highest BCUT2D eigenvalue weighted by atomic mass is 16.5. The van der Waals surface area contributed by atoms with Gasteiger partial charge in [0.1, 0.15) is 0 Å². The van der Waals surface area contributed by atoms with Crippen molar-refractivity contribution >= 4 is 17.6 Å². The fourth-order valence-electron chi connectivity index (χ4n) is 2.62. The molecule has 2 aromatic heterocycles. The van der Waals surface area contributed by atoms with Gasteiger partial charge in [0.2, 0.25) is 5.91 Å². The Hall–Kier alpha value is -3.48. The van der Waals surface area contributed by atoms with Crippen LogP contribution in [0, 0.1) is 5.41 Å². The zero-order chi connectivity index (χ0) is 21.0. The molecule has 7 nitrogen and oxygen atoms in total. The molecule has 1 N–H and O–H groups in total. The van der Waals surface area contributed by atoms with E-state index in [1.54, 1.807) is 29.9 Å². The zero-order valence-electron chi connectivity index (χ0n) is 17.0. The van der Waals surface area contributed by atoms with Crippen LogP contribution >= 0.6 is 0 Å². The molecule has 0 unspecified atom stereocenters. The van der Waals surface area contributed by atoms with Crippen LogP contribution < -0.4 is 5.32 Å². The van der Waals surface area contributed by atoms with Crippen LogP contribution in [0.5, 0.6) is 0 Å². The first-order valence-electron chi connectivity index (χ1n) is 9.40. The van der Waals surface area contributed by atoms with Gasteiger partial charge in [-0.2, -0.15) is 5.10 Å². The largest absolute Gasteiger partial charge is 0.461 e. The Balaban J connectivity index is 2.04. The molecule has 0 spiro atoms. The van der Waals surface area contributed by atoms with Crippen molar-refractivity contribution in [3.8, 4) is 17.1 Å². The number of nitrogens with one attached hydrogen (secondary N) is 1. The molecule has 0 saturated carbocycles. The molecule has 3 rings (SSSR count). The Morgan fingerprint density at radius 3 is 2.55 bits per heavy atom. The highest BCUT2D eigenvalue weighted by Gasteiger charge is 2.22. The van der Waals surface area contributed by atoms with Crippen molar-refractivity contribution in [1.82, 2.24) is 14.8 Å². The normalized spacial score (nSPS) is 11.2. The third kappa shape index (κ3) is 4.68. The van der Waals surface area contributed by atoms with Gasteiger partial charge in [0.25, 0.3) is 0 Å². The predicted molar refractivity (Wildman–Crippen MR) is 111 cm³/mol.